The average Bonchev–Trinajstić information content (AvgIpc) is 3.77. The van der Waals surface area contributed by atoms with Crippen molar-refractivity contribution in [2.75, 3.05) is 12.4 Å². The summed E-state index contributed by atoms with van der Waals surface area (Å²) in [6, 6.07) is 10.2. The van der Waals surface area contributed by atoms with E-state index in [1.54, 1.807) is 30.3 Å². The summed E-state index contributed by atoms with van der Waals surface area (Å²) in [6.07, 6.45) is -0.714. The third kappa shape index (κ3) is 4.26. The number of Topliss-reactive ketones (excluding diaryl/α,β-unsaturated/α-hetero) is 1. The van der Waals surface area contributed by atoms with Crippen molar-refractivity contribution in [1.29, 1.82) is 0 Å². The van der Waals surface area contributed by atoms with Crippen LogP contribution < -0.4 is 14.8 Å². The first-order valence-electron chi connectivity index (χ1n) is 11.7. The smallest absolute Gasteiger partial charge is 0.423 e. The molecule has 0 amide bonds. The molecule has 0 bridgehead atoms. The van der Waals surface area contributed by atoms with Crippen molar-refractivity contribution in [2.24, 2.45) is 5.92 Å². The normalized spacial score (nSPS) is 20.2. The van der Waals surface area contributed by atoms with Gasteiger partial charge in [-0.05, 0) is 55.5 Å². The largest absolute Gasteiger partial charge is 0.495 e. The molecule has 3 aromatic rings. The highest BCUT2D eigenvalue weighted by atomic mass is 19.4. The first-order valence-corrected chi connectivity index (χ1v) is 11.7. The van der Waals surface area contributed by atoms with Crippen LogP contribution >= 0.6 is 0 Å². The van der Waals surface area contributed by atoms with Crippen molar-refractivity contribution in [3.8, 4) is 17.4 Å². The zero-order valence-corrected chi connectivity index (χ0v) is 19.3. The quantitative estimate of drug-likeness (QED) is 0.316. The molecule has 2 unspecified atom stereocenters. The molecule has 7 nitrogen and oxygen atoms in total. The summed E-state index contributed by atoms with van der Waals surface area (Å²) < 4.78 is 58.2. The monoisotopic (exact) mass is 497 g/mol. The van der Waals surface area contributed by atoms with Crippen LogP contribution in [0.15, 0.2) is 42.6 Å². The Bertz CT molecular complexity index is 1360. The van der Waals surface area contributed by atoms with Gasteiger partial charge in [-0.3, -0.25) is 4.79 Å². The number of benzene rings is 2. The highest BCUT2D eigenvalue weighted by molar-refractivity contribution is 6.00. The zero-order valence-electron chi connectivity index (χ0n) is 19.3. The summed E-state index contributed by atoms with van der Waals surface area (Å²) >= 11 is 0. The van der Waals surface area contributed by atoms with Crippen molar-refractivity contribution >= 4 is 17.4 Å². The van der Waals surface area contributed by atoms with Gasteiger partial charge in [0.15, 0.2) is 5.78 Å². The van der Waals surface area contributed by atoms with E-state index in [-0.39, 0.29) is 35.6 Å². The number of methoxy groups -OCH3 is 1. The number of ketones is 1. The second-order valence-electron chi connectivity index (χ2n) is 9.15. The highest BCUT2D eigenvalue weighted by Crippen LogP contribution is 2.51. The number of halogens is 3. The number of rotatable bonds is 7. The molecule has 1 aliphatic heterocycles. The van der Waals surface area contributed by atoms with Crippen molar-refractivity contribution in [1.82, 2.24) is 9.97 Å². The Kier molecular flexibility index (Phi) is 5.36. The van der Waals surface area contributed by atoms with E-state index in [2.05, 4.69) is 15.3 Å². The number of anilines is 2. The highest BCUT2D eigenvalue weighted by Gasteiger charge is 2.46. The summed E-state index contributed by atoms with van der Waals surface area (Å²) in [5, 5.41) is 2.89. The summed E-state index contributed by atoms with van der Waals surface area (Å²) in [5.41, 5.74) is 1.60. The van der Waals surface area contributed by atoms with Crippen molar-refractivity contribution in [3.63, 3.8) is 0 Å². The number of carbonyl (C=O) groups excluding carboxylic acids is 1. The molecule has 6 rings (SSSR count). The van der Waals surface area contributed by atoms with Crippen LogP contribution in [0.25, 0.3) is 0 Å². The maximum atomic E-state index is 13.8. The van der Waals surface area contributed by atoms with Crippen LogP contribution in [0, 0.1) is 5.92 Å². The molecule has 10 heteroatoms. The van der Waals surface area contributed by atoms with Crippen LogP contribution in [0.2, 0.25) is 0 Å². The molecule has 1 saturated carbocycles. The molecule has 2 aromatic carbocycles. The molecular formula is C26H22F3N3O4. The molecular weight excluding hydrogens is 475 g/mol. The number of fused-ring (bicyclic) bond motifs is 3. The fraction of sp³-hybridized carbons (Fsp3) is 0.346. The van der Waals surface area contributed by atoms with Crippen LogP contribution in [0.1, 0.15) is 52.4 Å². The van der Waals surface area contributed by atoms with E-state index in [1.807, 2.05) is 6.07 Å². The van der Waals surface area contributed by atoms with Gasteiger partial charge >= 0.3 is 6.18 Å². The Morgan fingerprint density at radius 1 is 1.14 bits per heavy atom. The molecule has 1 aromatic heterocycles. The van der Waals surface area contributed by atoms with E-state index in [1.165, 1.54) is 7.11 Å². The van der Waals surface area contributed by atoms with Crippen molar-refractivity contribution in [3.05, 3.63) is 64.8 Å². The van der Waals surface area contributed by atoms with Gasteiger partial charge in [0.25, 0.3) is 0 Å². The van der Waals surface area contributed by atoms with Gasteiger partial charge in [0.1, 0.15) is 23.2 Å². The molecule has 36 heavy (non-hydrogen) atoms. The van der Waals surface area contributed by atoms with Gasteiger partial charge in [-0.25, -0.2) is 4.98 Å². The van der Waals surface area contributed by atoms with Gasteiger partial charge < -0.3 is 19.5 Å². The number of ether oxygens (including phenoxy) is 3. The first-order chi connectivity index (χ1) is 17.3. The number of aromatic nitrogens is 2. The first kappa shape index (κ1) is 22.8. The summed E-state index contributed by atoms with van der Waals surface area (Å²) in [6.45, 7) is 0. The lowest BCUT2D eigenvalue weighted by atomic mass is 9.91. The molecule has 2 fully saturated rings. The predicted molar refractivity (Wildman–Crippen MR) is 123 cm³/mol. The number of hydrogen-bond donors (Lipinski definition) is 1. The van der Waals surface area contributed by atoms with Gasteiger partial charge in [0.2, 0.25) is 11.8 Å². The summed E-state index contributed by atoms with van der Waals surface area (Å²) in [5.74, 6) is 0.0105. The van der Waals surface area contributed by atoms with Gasteiger partial charge in [-0.15, -0.1) is 0 Å². The maximum absolute atomic E-state index is 13.8. The number of alkyl halides is 3. The number of aryl methyl sites for hydroxylation is 1. The van der Waals surface area contributed by atoms with Gasteiger partial charge in [-0.1, -0.05) is 12.1 Å². The Morgan fingerprint density at radius 3 is 2.72 bits per heavy atom. The van der Waals surface area contributed by atoms with E-state index in [9.17, 15) is 18.0 Å². The van der Waals surface area contributed by atoms with Gasteiger partial charge in [-0.2, -0.15) is 18.2 Å². The van der Waals surface area contributed by atoms with E-state index in [4.69, 9.17) is 14.2 Å². The molecule has 1 N–H and O–H groups in total. The topological polar surface area (TPSA) is 85.9 Å². The van der Waals surface area contributed by atoms with Crippen molar-refractivity contribution < 1.29 is 32.2 Å². The zero-order chi connectivity index (χ0) is 25.0. The molecule has 2 heterocycles. The van der Waals surface area contributed by atoms with E-state index in [0.717, 1.165) is 36.8 Å². The van der Waals surface area contributed by atoms with Crippen LogP contribution in [0.4, 0.5) is 24.8 Å². The lowest BCUT2D eigenvalue weighted by Crippen LogP contribution is -2.12. The SMILES string of the molecule is COc1cc(C(=O)C2CC2)ccc1Nc1ncc(C(F)(F)F)c(Oc2cccc3c2C2OC2CC3)n1. The van der Waals surface area contributed by atoms with E-state index < -0.39 is 17.6 Å². The lowest BCUT2D eigenvalue weighted by Gasteiger charge is -2.19. The Balaban J connectivity index is 1.32. The molecule has 2 aliphatic carbocycles. The third-order valence-electron chi connectivity index (χ3n) is 6.67. The van der Waals surface area contributed by atoms with Crippen LogP contribution in [0.5, 0.6) is 17.4 Å². The fourth-order valence-electron chi connectivity index (χ4n) is 4.59. The maximum Gasteiger partial charge on any atom is 0.423 e. The fourth-order valence-corrected chi connectivity index (χ4v) is 4.59. The van der Waals surface area contributed by atoms with Crippen LogP contribution in [-0.4, -0.2) is 29.0 Å². The minimum atomic E-state index is -4.72. The predicted octanol–water partition coefficient (Wildman–Crippen LogP) is 6.02. The number of carbonyl (C=O) groups is 1. The molecule has 0 spiro atoms. The van der Waals surface area contributed by atoms with Gasteiger partial charge in [0.05, 0.1) is 18.9 Å². The summed E-state index contributed by atoms with van der Waals surface area (Å²) in [7, 11) is 1.44. The third-order valence-corrected chi connectivity index (χ3v) is 6.67. The number of nitrogens with one attached hydrogen (secondary N) is 1. The minimum Gasteiger partial charge on any atom is -0.495 e. The number of epoxide rings is 1. The lowest BCUT2D eigenvalue weighted by molar-refractivity contribution is -0.139. The Hall–Kier alpha value is -3.66. The van der Waals surface area contributed by atoms with Crippen LogP contribution in [-0.2, 0) is 17.3 Å². The number of hydrogen-bond acceptors (Lipinski definition) is 7. The van der Waals surface area contributed by atoms with Crippen molar-refractivity contribution in [2.45, 2.75) is 44.1 Å². The Morgan fingerprint density at radius 2 is 1.97 bits per heavy atom. The molecule has 0 radical (unpaired) electrons. The van der Waals surface area contributed by atoms with E-state index >= 15 is 0 Å². The second-order valence-corrected chi connectivity index (χ2v) is 9.15. The average molecular weight is 497 g/mol. The van der Waals surface area contributed by atoms with Gasteiger partial charge in [0, 0.05) is 23.2 Å². The second kappa shape index (κ2) is 8.48. The molecule has 186 valence electrons. The Labute approximate surface area is 204 Å². The van der Waals surface area contributed by atoms with Crippen LogP contribution in [0.3, 0.4) is 0 Å². The number of nitrogens with zero attached hydrogens (tertiary/aromatic N) is 2. The summed E-state index contributed by atoms with van der Waals surface area (Å²) in [4.78, 5) is 20.3. The molecule has 1 saturated heterocycles. The van der Waals surface area contributed by atoms with E-state index in [0.29, 0.717) is 23.2 Å². The molecule has 2 atom stereocenters. The standard InChI is InChI=1S/C26H22F3N3O4/c1-34-20-11-15(22(33)14-5-6-14)7-9-17(20)31-25-30-12-16(26(27,28)29)24(32-25)36-18-4-2-3-13-8-10-19-23(35-19)21(13)18/h2-4,7,9,11-12,14,19,23H,5-6,8,10H2,1H3,(H,30,31,32). The molecule has 3 aliphatic rings. The minimum absolute atomic E-state index is 0.0477.